The second-order valence-corrected chi connectivity index (χ2v) is 3.56. The van der Waals surface area contributed by atoms with Crippen LogP contribution in [0.2, 0.25) is 0 Å². The summed E-state index contributed by atoms with van der Waals surface area (Å²) in [7, 11) is 0. The van der Waals surface area contributed by atoms with Crippen LogP contribution in [0.5, 0.6) is 11.5 Å². The van der Waals surface area contributed by atoms with Crippen LogP contribution < -0.4 is 0 Å². The highest BCUT2D eigenvalue weighted by molar-refractivity contribution is 5.92. The van der Waals surface area contributed by atoms with Crippen LogP contribution in [-0.2, 0) is 4.79 Å². The van der Waals surface area contributed by atoms with Crippen molar-refractivity contribution >= 4 is 16.6 Å². The van der Waals surface area contributed by atoms with Crippen LogP contribution in [0.15, 0.2) is 36.4 Å². The molecule has 0 aromatic heterocycles. The van der Waals surface area contributed by atoms with Gasteiger partial charge in [-0.15, -0.1) is 0 Å². The molecular formula is C13H14O3. The SMILES string of the molecule is CC(C)=O.Oc1cccc2c(O)cccc12. The number of carbonyl (C=O) groups is 1. The summed E-state index contributed by atoms with van der Waals surface area (Å²) in [6.45, 7) is 3.06. The van der Waals surface area contributed by atoms with Gasteiger partial charge in [-0.2, -0.15) is 0 Å². The smallest absolute Gasteiger partial charge is 0.126 e. The van der Waals surface area contributed by atoms with Gasteiger partial charge in [0.05, 0.1) is 0 Å². The van der Waals surface area contributed by atoms with E-state index in [0.29, 0.717) is 10.8 Å². The van der Waals surface area contributed by atoms with Gasteiger partial charge in [-0.1, -0.05) is 24.3 Å². The zero-order valence-corrected chi connectivity index (χ0v) is 9.27. The molecule has 2 aromatic rings. The average Bonchev–Trinajstić information content (AvgIpc) is 2.19. The Hall–Kier alpha value is -2.03. The molecule has 3 heteroatoms. The van der Waals surface area contributed by atoms with Gasteiger partial charge in [0.2, 0.25) is 0 Å². The molecule has 84 valence electrons. The first-order valence-electron chi connectivity index (χ1n) is 4.89. The Kier molecular flexibility index (Phi) is 3.89. The third-order valence-electron chi connectivity index (χ3n) is 1.88. The van der Waals surface area contributed by atoms with Crippen molar-refractivity contribution in [1.29, 1.82) is 0 Å². The van der Waals surface area contributed by atoms with Gasteiger partial charge >= 0.3 is 0 Å². The van der Waals surface area contributed by atoms with E-state index in [0.717, 1.165) is 0 Å². The topological polar surface area (TPSA) is 57.5 Å². The number of phenolic OH excluding ortho intramolecular Hbond substituents is 2. The van der Waals surface area contributed by atoms with Crippen molar-refractivity contribution in [2.75, 3.05) is 0 Å². The number of fused-ring (bicyclic) bond motifs is 1. The normalized spacial score (nSPS) is 9.38. The molecule has 3 nitrogen and oxygen atoms in total. The summed E-state index contributed by atoms with van der Waals surface area (Å²) in [5, 5.41) is 20.1. The van der Waals surface area contributed by atoms with E-state index in [4.69, 9.17) is 0 Å². The number of aromatic hydroxyl groups is 2. The second-order valence-electron chi connectivity index (χ2n) is 3.56. The van der Waals surface area contributed by atoms with E-state index < -0.39 is 0 Å². The molecule has 0 amide bonds. The van der Waals surface area contributed by atoms with Gasteiger partial charge in [0.15, 0.2) is 0 Å². The molecule has 0 spiro atoms. The molecular weight excluding hydrogens is 204 g/mol. The van der Waals surface area contributed by atoms with Gasteiger partial charge in [-0.3, -0.25) is 0 Å². The molecule has 16 heavy (non-hydrogen) atoms. The van der Waals surface area contributed by atoms with E-state index in [9.17, 15) is 15.0 Å². The molecule has 0 saturated carbocycles. The van der Waals surface area contributed by atoms with E-state index in [1.54, 1.807) is 36.4 Å². The van der Waals surface area contributed by atoms with E-state index in [-0.39, 0.29) is 17.3 Å². The quantitative estimate of drug-likeness (QED) is 0.714. The standard InChI is InChI=1S/C10H8O2.C3H6O/c11-9-5-1-3-7-8(9)4-2-6-10(7)12;1-3(2)4/h1-6,11-12H;1-2H3. The maximum atomic E-state index is 9.44. The number of hydrogen-bond donors (Lipinski definition) is 2. The van der Waals surface area contributed by atoms with Gasteiger partial charge in [-0.25, -0.2) is 0 Å². The van der Waals surface area contributed by atoms with Crippen LogP contribution in [0.3, 0.4) is 0 Å². The van der Waals surface area contributed by atoms with Crippen molar-refractivity contribution in [1.82, 2.24) is 0 Å². The lowest BCUT2D eigenvalue weighted by atomic mass is 10.1. The molecule has 0 bridgehead atoms. The van der Waals surface area contributed by atoms with E-state index in [1.807, 2.05) is 0 Å². The second kappa shape index (κ2) is 5.16. The monoisotopic (exact) mass is 218 g/mol. The third kappa shape index (κ3) is 2.98. The number of rotatable bonds is 0. The zero-order valence-electron chi connectivity index (χ0n) is 9.27. The lowest BCUT2D eigenvalue weighted by molar-refractivity contribution is -0.114. The van der Waals surface area contributed by atoms with Crippen LogP contribution in [0.1, 0.15) is 13.8 Å². The maximum Gasteiger partial charge on any atom is 0.126 e. The Balaban J connectivity index is 0.000000280. The zero-order chi connectivity index (χ0) is 12.1. The first-order chi connectivity index (χ1) is 7.52. The summed E-state index contributed by atoms with van der Waals surface area (Å²) >= 11 is 0. The molecule has 0 unspecified atom stereocenters. The molecule has 2 rings (SSSR count). The predicted octanol–water partition coefficient (Wildman–Crippen LogP) is 2.85. The van der Waals surface area contributed by atoms with Crippen molar-refractivity contribution in [3.8, 4) is 11.5 Å². The molecule has 2 N–H and O–H groups in total. The van der Waals surface area contributed by atoms with Crippen LogP contribution in [-0.4, -0.2) is 16.0 Å². The van der Waals surface area contributed by atoms with Crippen LogP contribution in [0.25, 0.3) is 10.8 Å². The van der Waals surface area contributed by atoms with Crippen LogP contribution in [0, 0.1) is 0 Å². The summed E-state index contributed by atoms with van der Waals surface area (Å²) in [5.74, 6) is 0.562. The highest BCUT2D eigenvalue weighted by Gasteiger charge is 2.00. The van der Waals surface area contributed by atoms with Crippen molar-refractivity contribution in [3.63, 3.8) is 0 Å². The highest BCUT2D eigenvalue weighted by atomic mass is 16.3. The summed E-state index contributed by atoms with van der Waals surface area (Å²) in [6.07, 6.45) is 0. The minimum absolute atomic E-state index is 0.167. The predicted molar refractivity (Wildman–Crippen MR) is 63.6 cm³/mol. The number of ketones is 1. The molecule has 2 aromatic carbocycles. The number of phenols is 2. The summed E-state index contributed by atoms with van der Waals surface area (Å²) in [4.78, 5) is 9.44. The van der Waals surface area contributed by atoms with Gasteiger partial charge in [-0.05, 0) is 26.0 Å². The fourth-order valence-corrected chi connectivity index (χ4v) is 1.28. The van der Waals surface area contributed by atoms with Gasteiger partial charge in [0, 0.05) is 10.8 Å². The lowest BCUT2D eigenvalue weighted by Gasteiger charge is -2.01. The fourth-order valence-electron chi connectivity index (χ4n) is 1.28. The van der Waals surface area contributed by atoms with Crippen molar-refractivity contribution in [2.45, 2.75) is 13.8 Å². The largest absolute Gasteiger partial charge is 0.507 e. The first-order valence-corrected chi connectivity index (χ1v) is 4.89. The Labute approximate surface area is 94.0 Å². The van der Waals surface area contributed by atoms with E-state index in [2.05, 4.69) is 0 Å². The van der Waals surface area contributed by atoms with Crippen LogP contribution in [0.4, 0.5) is 0 Å². The average molecular weight is 218 g/mol. The third-order valence-corrected chi connectivity index (χ3v) is 1.88. The molecule has 0 aliphatic heterocycles. The molecule has 0 saturated heterocycles. The fraction of sp³-hybridized carbons (Fsp3) is 0.154. The molecule has 0 aliphatic carbocycles. The molecule has 0 heterocycles. The number of hydrogen-bond acceptors (Lipinski definition) is 3. The van der Waals surface area contributed by atoms with Crippen molar-refractivity contribution in [3.05, 3.63) is 36.4 Å². The highest BCUT2D eigenvalue weighted by Crippen LogP contribution is 2.29. The maximum absolute atomic E-state index is 9.44. The summed E-state index contributed by atoms with van der Waals surface area (Å²) in [5.41, 5.74) is 0. The Morgan fingerprint density at radius 1 is 0.875 bits per heavy atom. The Morgan fingerprint density at radius 3 is 1.50 bits per heavy atom. The number of carbonyl (C=O) groups excluding carboxylic acids is 1. The number of benzene rings is 2. The summed E-state index contributed by atoms with van der Waals surface area (Å²) in [6, 6.07) is 10.1. The Morgan fingerprint density at radius 2 is 1.19 bits per heavy atom. The molecule has 0 radical (unpaired) electrons. The van der Waals surface area contributed by atoms with E-state index in [1.165, 1.54) is 13.8 Å². The van der Waals surface area contributed by atoms with Crippen molar-refractivity contribution in [2.24, 2.45) is 0 Å². The van der Waals surface area contributed by atoms with Gasteiger partial charge in [0.25, 0.3) is 0 Å². The molecule has 0 fully saturated rings. The minimum atomic E-state index is 0.167. The molecule has 0 atom stereocenters. The lowest BCUT2D eigenvalue weighted by Crippen LogP contribution is -1.73. The Bertz CT molecular complexity index is 458. The van der Waals surface area contributed by atoms with Gasteiger partial charge < -0.3 is 15.0 Å². The van der Waals surface area contributed by atoms with Crippen molar-refractivity contribution < 1.29 is 15.0 Å². The number of Topliss-reactive ketones (excluding diaryl/α,β-unsaturated/α-hetero) is 1. The van der Waals surface area contributed by atoms with Gasteiger partial charge in [0.1, 0.15) is 17.3 Å². The minimum Gasteiger partial charge on any atom is -0.507 e. The molecule has 0 aliphatic rings. The van der Waals surface area contributed by atoms with Crippen LogP contribution >= 0.6 is 0 Å². The summed E-state index contributed by atoms with van der Waals surface area (Å²) < 4.78 is 0. The first kappa shape index (κ1) is 12.0. The van der Waals surface area contributed by atoms with E-state index >= 15 is 0 Å².